The van der Waals surface area contributed by atoms with Crippen molar-refractivity contribution in [2.75, 3.05) is 11.1 Å². The fraction of sp³-hybridized carbons (Fsp3) is 0.133. The predicted octanol–water partition coefficient (Wildman–Crippen LogP) is 3.41. The lowest BCUT2D eigenvalue weighted by atomic mass is 10.1. The summed E-state index contributed by atoms with van der Waals surface area (Å²) < 4.78 is 0. The minimum absolute atomic E-state index is 0.0921. The quantitative estimate of drug-likeness (QED) is 0.843. The van der Waals surface area contributed by atoms with E-state index in [1.54, 1.807) is 18.2 Å². The number of hydrogen-bond acceptors (Lipinski definition) is 2. The van der Waals surface area contributed by atoms with Crippen molar-refractivity contribution < 1.29 is 4.79 Å². The molecular weight excluding hydrogens is 260 g/mol. The Hall–Kier alpha value is -2.00. The molecule has 0 aliphatic heterocycles. The maximum absolute atomic E-state index is 11.9. The van der Waals surface area contributed by atoms with Gasteiger partial charge in [0.2, 0.25) is 5.91 Å². The Balaban J connectivity index is 2.03. The van der Waals surface area contributed by atoms with Gasteiger partial charge in [-0.2, -0.15) is 0 Å². The van der Waals surface area contributed by atoms with Crippen molar-refractivity contribution in [2.45, 2.75) is 13.3 Å². The molecule has 0 saturated carbocycles. The second kappa shape index (κ2) is 5.76. The first-order valence-corrected chi connectivity index (χ1v) is 6.33. The van der Waals surface area contributed by atoms with Gasteiger partial charge >= 0.3 is 0 Å². The van der Waals surface area contributed by atoms with Crippen LogP contribution in [0, 0.1) is 6.92 Å². The van der Waals surface area contributed by atoms with E-state index in [1.807, 2.05) is 31.2 Å². The Kier molecular flexibility index (Phi) is 4.07. The number of nitrogens with two attached hydrogens (primary N) is 1. The van der Waals surface area contributed by atoms with Crippen LogP contribution in [0.1, 0.15) is 11.1 Å². The topological polar surface area (TPSA) is 55.1 Å². The number of hydrogen-bond donors (Lipinski definition) is 2. The molecule has 0 atom stereocenters. The third kappa shape index (κ3) is 3.73. The smallest absolute Gasteiger partial charge is 0.228 e. The number of nitrogens with one attached hydrogen (secondary N) is 1. The zero-order chi connectivity index (χ0) is 13.8. The number of benzene rings is 2. The maximum atomic E-state index is 11.9. The highest BCUT2D eigenvalue weighted by molar-refractivity contribution is 6.30. The number of carbonyl (C=O) groups excluding carboxylic acids is 1. The molecule has 2 aromatic carbocycles. The summed E-state index contributed by atoms with van der Waals surface area (Å²) >= 11 is 5.88. The van der Waals surface area contributed by atoms with Gasteiger partial charge in [-0.15, -0.1) is 0 Å². The highest BCUT2D eigenvalue weighted by atomic mass is 35.5. The molecule has 0 aliphatic carbocycles. The molecule has 0 radical (unpaired) electrons. The van der Waals surface area contributed by atoms with Gasteiger partial charge in [-0.1, -0.05) is 29.8 Å². The van der Waals surface area contributed by atoms with Crippen molar-refractivity contribution in [1.29, 1.82) is 0 Å². The Morgan fingerprint density at radius 1 is 1.26 bits per heavy atom. The first-order valence-electron chi connectivity index (χ1n) is 5.95. The summed E-state index contributed by atoms with van der Waals surface area (Å²) in [6.45, 7) is 1.92. The number of anilines is 2. The molecule has 19 heavy (non-hydrogen) atoms. The van der Waals surface area contributed by atoms with Crippen LogP contribution in [0.25, 0.3) is 0 Å². The molecule has 3 N–H and O–H groups in total. The van der Waals surface area contributed by atoms with Gasteiger partial charge in [0.05, 0.1) is 6.42 Å². The van der Waals surface area contributed by atoms with Gasteiger partial charge < -0.3 is 11.1 Å². The van der Waals surface area contributed by atoms with Crippen molar-refractivity contribution in [3.05, 3.63) is 58.6 Å². The summed E-state index contributed by atoms with van der Waals surface area (Å²) in [6.07, 6.45) is 0.286. The van der Waals surface area contributed by atoms with Crippen LogP contribution in [0.2, 0.25) is 5.02 Å². The van der Waals surface area contributed by atoms with Crippen LogP contribution in [-0.2, 0) is 11.2 Å². The highest BCUT2D eigenvalue weighted by Gasteiger charge is 2.05. The molecule has 0 saturated heterocycles. The molecule has 0 aromatic heterocycles. The van der Waals surface area contributed by atoms with Gasteiger partial charge in [-0.05, 0) is 42.3 Å². The van der Waals surface area contributed by atoms with E-state index in [-0.39, 0.29) is 12.3 Å². The fourth-order valence-electron chi connectivity index (χ4n) is 1.76. The molecule has 0 bridgehead atoms. The van der Waals surface area contributed by atoms with Crippen molar-refractivity contribution >= 4 is 28.9 Å². The summed E-state index contributed by atoms with van der Waals surface area (Å²) in [4.78, 5) is 11.9. The Morgan fingerprint density at radius 2 is 2.05 bits per heavy atom. The molecule has 2 rings (SSSR count). The molecular formula is C15H15ClN2O. The predicted molar refractivity (Wildman–Crippen MR) is 79.4 cm³/mol. The van der Waals surface area contributed by atoms with Gasteiger partial charge in [0.15, 0.2) is 0 Å². The van der Waals surface area contributed by atoms with Crippen molar-refractivity contribution in [2.24, 2.45) is 0 Å². The van der Waals surface area contributed by atoms with Crippen LogP contribution >= 0.6 is 11.6 Å². The van der Waals surface area contributed by atoms with E-state index in [0.29, 0.717) is 16.4 Å². The average molecular weight is 275 g/mol. The van der Waals surface area contributed by atoms with Gasteiger partial charge in [0.25, 0.3) is 0 Å². The van der Waals surface area contributed by atoms with Crippen molar-refractivity contribution in [3.8, 4) is 0 Å². The van der Waals surface area contributed by atoms with E-state index in [1.165, 1.54) is 0 Å². The lowest BCUT2D eigenvalue weighted by Gasteiger charge is -2.07. The molecule has 0 heterocycles. The number of halogens is 1. The van der Waals surface area contributed by atoms with Gasteiger partial charge in [-0.25, -0.2) is 0 Å². The van der Waals surface area contributed by atoms with Gasteiger partial charge in [-0.3, -0.25) is 4.79 Å². The largest absolute Gasteiger partial charge is 0.398 e. The molecule has 4 heteroatoms. The molecule has 1 amide bonds. The normalized spacial score (nSPS) is 10.2. The fourth-order valence-corrected chi connectivity index (χ4v) is 1.97. The average Bonchev–Trinajstić information content (AvgIpc) is 2.34. The zero-order valence-corrected chi connectivity index (χ0v) is 11.4. The van der Waals surface area contributed by atoms with Crippen molar-refractivity contribution in [3.63, 3.8) is 0 Å². The summed E-state index contributed by atoms with van der Waals surface area (Å²) in [5, 5.41) is 3.45. The van der Waals surface area contributed by atoms with E-state index < -0.39 is 0 Å². The van der Waals surface area contributed by atoms with E-state index in [0.717, 1.165) is 11.1 Å². The van der Waals surface area contributed by atoms with Gasteiger partial charge in [0, 0.05) is 16.4 Å². The molecule has 2 aromatic rings. The number of aryl methyl sites for hydroxylation is 1. The number of carbonyl (C=O) groups is 1. The molecule has 98 valence electrons. The molecule has 0 aliphatic rings. The third-order valence-electron chi connectivity index (χ3n) is 2.82. The minimum Gasteiger partial charge on any atom is -0.398 e. The van der Waals surface area contributed by atoms with Crippen molar-refractivity contribution in [1.82, 2.24) is 0 Å². The number of rotatable bonds is 3. The first kappa shape index (κ1) is 13.4. The minimum atomic E-state index is -0.0921. The van der Waals surface area contributed by atoms with Crippen LogP contribution in [0.3, 0.4) is 0 Å². The van der Waals surface area contributed by atoms with E-state index >= 15 is 0 Å². The Bertz CT molecular complexity index is 611. The number of amides is 1. The second-order valence-electron chi connectivity index (χ2n) is 4.43. The monoisotopic (exact) mass is 274 g/mol. The summed E-state index contributed by atoms with van der Waals surface area (Å²) in [5.41, 5.74) is 9.04. The van der Waals surface area contributed by atoms with Crippen LogP contribution in [-0.4, -0.2) is 5.91 Å². The van der Waals surface area contributed by atoms with Crippen LogP contribution in [0.15, 0.2) is 42.5 Å². The van der Waals surface area contributed by atoms with E-state index in [2.05, 4.69) is 5.32 Å². The van der Waals surface area contributed by atoms with Crippen LogP contribution in [0.5, 0.6) is 0 Å². The van der Waals surface area contributed by atoms with Crippen LogP contribution < -0.4 is 11.1 Å². The van der Waals surface area contributed by atoms with E-state index in [9.17, 15) is 4.79 Å². The van der Waals surface area contributed by atoms with E-state index in [4.69, 9.17) is 17.3 Å². The van der Waals surface area contributed by atoms with Gasteiger partial charge in [0.1, 0.15) is 0 Å². The Morgan fingerprint density at radius 3 is 2.74 bits per heavy atom. The lowest BCUT2D eigenvalue weighted by Crippen LogP contribution is -2.14. The Labute approximate surface area is 117 Å². The lowest BCUT2D eigenvalue weighted by molar-refractivity contribution is -0.115. The molecule has 0 fully saturated rings. The molecule has 0 spiro atoms. The summed E-state index contributed by atoms with van der Waals surface area (Å²) in [7, 11) is 0. The molecule has 3 nitrogen and oxygen atoms in total. The second-order valence-corrected chi connectivity index (χ2v) is 4.86. The van der Waals surface area contributed by atoms with Crippen LogP contribution in [0.4, 0.5) is 11.4 Å². The number of nitrogen functional groups attached to an aromatic ring is 1. The third-order valence-corrected chi connectivity index (χ3v) is 3.05. The SMILES string of the molecule is Cc1ccc(NC(=O)Cc2cccc(Cl)c2)cc1N. The maximum Gasteiger partial charge on any atom is 0.228 e. The standard InChI is InChI=1S/C15H15ClN2O/c1-10-5-6-13(9-14(10)17)18-15(19)8-11-3-2-4-12(16)7-11/h2-7,9H,8,17H2,1H3,(H,18,19). The highest BCUT2D eigenvalue weighted by Crippen LogP contribution is 2.17. The molecule has 0 unspecified atom stereocenters. The summed E-state index contributed by atoms with van der Waals surface area (Å²) in [5.74, 6) is -0.0921. The summed E-state index contributed by atoms with van der Waals surface area (Å²) in [6, 6.07) is 12.7. The first-order chi connectivity index (χ1) is 9.04. The zero-order valence-electron chi connectivity index (χ0n) is 10.6.